The molecule has 0 fully saturated rings. The Morgan fingerprint density at radius 1 is 1.29 bits per heavy atom. The van der Waals surface area contributed by atoms with Gasteiger partial charge in [0, 0.05) is 19.1 Å². The lowest BCUT2D eigenvalue weighted by atomic mass is 10.2. The van der Waals surface area contributed by atoms with E-state index in [1.165, 1.54) is 12.8 Å². The molecule has 0 saturated heterocycles. The Balaban J connectivity index is 2.31. The first-order valence-corrected chi connectivity index (χ1v) is 8.54. The van der Waals surface area contributed by atoms with Gasteiger partial charge < -0.3 is 10.2 Å². The Hall–Kier alpha value is -0.580. The molecule has 1 aromatic rings. The Morgan fingerprint density at radius 2 is 2.00 bits per heavy atom. The Kier molecular flexibility index (Phi) is 8.30. The van der Waals surface area contributed by atoms with Crippen molar-refractivity contribution in [3.63, 3.8) is 0 Å². The second-order valence-electron chi connectivity index (χ2n) is 5.83. The van der Waals surface area contributed by atoms with Crippen LogP contribution in [0.15, 0.2) is 0 Å². The second-order valence-corrected chi connectivity index (χ2v) is 6.21. The molecule has 0 unspecified atom stereocenters. The average molecular weight is 315 g/mol. The summed E-state index contributed by atoms with van der Waals surface area (Å²) in [7, 11) is 2.18. The molecule has 0 aliphatic carbocycles. The number of hydrogen-bond donors (Lipinski definition) is 1. The third-order valence-corrected chi connectivity index (χ3v) is 4.42. The first kappa shape index (κ1) is 18.5. The van der Waals surface area contributed by atoms with E-state index < -0.39 is 0 Å². The van der Waals surface area contributed by atoms with Crippen LogP contribution < -0.4 is 5.32 Å². The molecule has 0 amide bonds. The van der Waals surface area contributed by atoms with Gasteiger partial charge in [0.1, 0.15) is 0 Å². The van der Waals surface area contributed by atoms with E-state index in [0.717, 1.165) is 49.0 Å². The summed E-state index contributed by atoms with van der Waals surface area (Å²) >= 11 is 6.39. The van der Waals surface area contributed by atoms with E-state index in [0.29, 0.717) is 6.04 Å². The highest BCUT2D eigenvalue weighted by atomic mass is 35.5. The van der Waals surface area contributed by atoms with Crippen LogP contribution in [0.5, 0.6) is 0 Å². The number of aryl methyl sites for hydroxylation is 2. The number of halogens is 1. The molecule has 1 rings (SSSR count). The lowest BCUT2D eigenvalue weighted by Gasteiger charge is -2.20. The molecule has 0 saturated carbocycles. The summed E-state index contributed by atoms with van der Waals surface area (Å²) in [6, 6.07) is 0.628. The molecular formula is C16H31ClN4. The Morgan fingerprint density at radius 3 is 2.57 bits per heavy atom. The van der Waals surface area contributed by atoms with E-state index in [-0.39, 0.29) is 0 Å². The minimum atomic E-state index is 0.628. The molecular weight excluding hydrogens is 284 g/mol. The maximum absolute atomic E-state index is 6.39. The van der Waals surface area contributed by atoms with Crippen molar-refractivity contribution in [2.45, 2.75) is 66.1 Å². The van der Waals surface area contributed by atoms with Crippen LogP contribution >= 0.6 is 11.6 Å². The van der Waals surface area contributed by atoms with Crippen LogP contribution in [-0.2, 0) is 19.5 Å². The van der Waals surface area contributed by atoms with Crippen molar-refractivity contribution in [2.75, 3.05) is 20.1 Å². The zero-order chi connectivity index (χ0) is 15.8. The van der Waals surface area contributed by atoms with E-state index in [4.69, 9.17) is 11.6 Å². The summed E-state index contributed by atoms with van der Waals surface area (Å²) < 4.78 is 2.01. The minimum Gasteiger partial charge on any atom is -0.311 e. The van der Waals surface area contributed by atoms with Gasteiger partial charge in [-0.05, 0) is 60.2 Å². The summed E-state index contributed by atoms with van der Waals surface area (Å²) in [5.41, 5.74) is 2.13. The van der Waals surface area contributed by atoms with Crippen LogP contribution in [0.4, 0.5) is 0 Å². The van der Waals surface area contributed by atoms with E-state index in [1.807, 2.05) is 4.68 Å². The van der Waals surface area contributed by atoms with Crippen molar-refractivity contribution in [2.24, 2.45) is 0 Å². The van der Waals surface area contributed by atoms with Crippen LogP contribution in [0, 0.1) is 0 Å². The van der Waals surface area contributed by atoms with Gasteiger partial charge in [0.2, 0.25) is 0 Å². The van der Waals surface area contributed by atoms with Crippen LogP contribution in [-0.4, -0.2) is 40.9 Å². The van der Waals surface area contributed by atoms with Gasteiger partial charge in [-0.2, -0.15) is 5.10 Å². The quantitative estimate of drug-likeness (QED) is 0.672. The number of nitrogens with one attached hydrogen (secondary N) is 1. The van der Waals surface area contributed by atoms with Crippen molar-refractivity contribution in [3.8, 4) is 0 Å². The first-order valence-electron chi connectivity index (χ1n) is 8.16. The maximum atomic E-state index is 6.39. The van der Waals surface area contributed by atoms with Crippen molar-refractivity contribution in [3.05, 3.63) is 16.4 Å². The van der Waals surface area contributed by atoms with E-state index >= 15 is 0 Å². The third-order valence-electron chi connectivity index (χ3n) is 3.98. The van der Waals surface area contributed by atoms with Gasteiger partial charge in [0.15, 0.2) is 0 Å². The zero-order valence-electron chi connectivity index (χ0n) is 14.2. The SMILES string of the molecule is CCc1nn(CC)c(CNCCCCN(C)C(C)C)c1Cl. The highest BCUT2D eigenvalue weighted by molar-refractivity contribution is 6.31. The van der Waals surface area contributed by atoms with Gasteiger partial charge in [-0.1, -0.05) is 18.5 Å². The molecule has 0 aromatic carbocycles. The predicted octanol–water partition coefficient (Wildman–Crippen LogP) is 3.33. The van der Waals surface area contributed by atoms with Crippen LogP contribution in [0.2, 0.25) is 5.02 Å². The lowest BCUT2D eigenvalue weighted by molar-refractivity contribution is 0.268. The normalized spacial score (nSPS) is 11.8. The number of aromatic nitrogens is 2. The topological polar surface area (TPSA) is 33.1 Å². The largest absolute Gasteiger partial charge is 0.311 e. The molecule has 0 spiro atoms. The predicted molar refractivity (Wildman–Crippen MR) is 91.0 cm³/mol. The smallest absolute Gasteiger partial charge is 0.0863 e. The van der Waals surface area contributed by atoms with Gasteiger partial charge in [0.25, 0.3) is 0 Å². The maximum Gasteiger partial charge on any atom is 0.0863 e. The molecule has 4 nitrogen and oxygen atoms in total. The number of hydrogen-bond acceptors (Lipinski definition) is 3. The van der Waals surface area contributed by atoms with E-state index in [2.05, 4.69) is 50.1 Å². The zero-order valence-corrected chi connectivity index (χ0v) is 15.0. The fraction of sp³-hybridized carbons (Fsp3) is 0.812. The molecule has 1 aromatic heterocycles. The number of rotatable bonds is 10. The molecule has 122 valence electrons. The fourth-order valence-electron chi connectivity index (χ4n) is 2.26. The van der Waals surface area contributed by atoms with Gasteiger partial charge in [-0.3, -0.25) is 4.68 Å². The van der Waals surface area contributed by atoms with Crippen molar-refractivity contribution in [1.29, 1.82) is 0 Å². The van der Waals surface area contributed by atoms with E-state index in [1.54, 1.807) is 0 Å². The fourth-order valence-corrected chi connectivity index (χ4v) is 2.60. The first-order chi connectivity index (χ1) is 10.0. The van der Waals surface area contributed by atoms with Crippen LogP contribution in [0.25, 0.3) is 0 Å². The van der Waals surface area contributed by atoms with Crippen LogP contribution in [0.1, 0.15) is 51.9 Å². The molecule has 0 atom stereocenters. The molecule has 0 aliphatic heterocycles. The van der Waals surface area contributed by atoms with Gasteiger partial charge in [0.05, 0.1) is 16.4 Å². The number of nitrogens with zero attached hydrogens (tertiary/aromatic N) is 3. The highest BCUT2D eigenvalue weighted by Crippen LogP contribution is 2.21. The summed E-state index contributed by atoms with van der Waals surface area (Å²) in [6.45, 7) is 12.5. The molecule has 0 aliphatic rings. The molecule has 0 radical (unpaired) electrons. The average Bonchev–Trinajstić information content (AvgIpc) is 2.78. The van der Waals surface area contributed by atoms with Crippen molar-refractivity contribution in [1.82, 2.24) is 20.0 Å². The lowest BCUT2D eigenvalue weighted by Crippen LogP contribution is -2.28. The minimum absolute atomic E-state index is 0.628. The number of unbranched alkanes of at least 4 members (excludes halogenated alkanes) is 1. The summed E-state index contributed by atoms with van der Waals surface area (Å²) in [6.07, 6.45) is 3.30. The molecule has 1 heterocycles. The summed E-state index contributed by atoms with van der Waals surface area (Å²) in [5.74, 6) is 0. The molecule has 1 N–H and O–H groups in total. The van der Waals surface area contributed by atoms with Crippen LogP contribution in [0.3, 0.4) is 0 Å². The van der Waals surface area contributed by atoms with E-state index in [9.17, 15) is 0 Å². The van der Waals surface area contributed by atoms with Crippen molar-refractivity contribution < 1.29 is 0 Å². The summed E-state index contributed by atoms with van der Waals surface area (Å²) in [4.78, 5) is 2.39. The molecule has 21 heavy (non-hydrogen) atoms. The summed E-state index contributed by atoms with van der Waals surface area (Å²) in [5, 5.41) is 8.88. The van der Waals surface area contributed by atoms with Gasteiger partial charge in [-0.25, -0.2) is 0 Å². The Labute approximate surface area is 134 Å². The third kappa shape index (κ3) is 5.61. The monoisotopic (exact) mass is 314 g/mol. The second kappa shape index (κ2) is 9.44. The van der Waals surface area contributed by atoms with Gasteiger partial charge >= 0.3 is 0 Å². The van der Waals surface area contributed by atoms with Gasteiger partial charge in [-0.15, -0.1) is 0 Å². The highest BCUT2D eigenvalue weighted by Gasteiger charge is 2.13. The Bertz CT molecular complexity index is 415. The molecule has 0 bridgehead atoms. The van der Waals surface area contributed by atoms with Crippen molar-refractivity contribution >= 4 is 11.6 Å². The standard InChI is InChI=1S/C16H31ClN4/c1-6-14-16(17)15(21(7-2)19-14)12-18-10-8-9-11-20(5)13(3)4/h13,18H,6-12H2,1-5H3. The molecule has 5 heteroatoms.